The standard InChI is InChI=1S/C10H17N.C6H9NS/c11-10-8-2-6-1-7(4-8)5-9(10)3-6;7-4-3-6-2-1-5-8-6/h6-10H,1-5,11H2;1-2,5H,3-4,7H2. The Morgan fingerprint density at radius 2 is 1.68 bits per heavy atom. The molecule has 0 saturated heterocycles. The van der Waals surface area contributed by atoms with Crippen molar-refractivity contribution in [2.75, 3.05) is 6.54 Å². The van der Waals surface area contributed by atoms with E-state index in [1.165, 1.54) is 30.6 Å². The van der Waals surface area contributed by atoms with Gasteiger partial charge in [0.1, 0.15) is 0 Å². The third kappa shape index (κ3) is 3.04. The third-order valence-electron chi connectivity index (χ3n) is 5.27. The second-order valence-electron chi connectivity index (χ2n) is 6.63. The summed E-state index contributed by atoms with van der Waals surface area (Å²) in [4.78, 5) is 1.38. The molecule has 4 aliphatic rings. The molecule has 19 heavy (non-hydrogen) atoms. The van der Waals surface area contributed by atoms with Crippen molar-refractivity contribution in [3.05, 3.63) is 22.4 Å². The zero-order valence-electron chi connectivity index (χ0n) is 11.6. The van der Waals surface area contributed by atoms with Crippen LogP contribution in [0.2, 0.25) is 0 Å². The first-order valence-corrected chi connectivity index (χ1v) is 8.62. The van der Waals surface area contributed by atoms with Gasteiger partial charge >= 0.3 is 0 Å². The fourth-order valence-electron chi connectivity index (χ4n) is 4.56. The maximum absolute atomic E-state index is 6.17. The lowest BCUT2D eigenvalue weighted by atomic mass is 9.54. The molecular formula is C16H26N2S. The normalized spacial score (nSPS) is 38.9. The number of hydrogen-bond acceptors (Lipinski definition) is 3. The van der Waals surface area contributed by atoms with E-state index in [1.54, 1.807) is 17.8 Å². The molecule has 4 aliphatic carbocycles. The van der Waals surface area contributed by atoms with E-state index in [9.17, 15) is 0 Å². The summed E-state index contributed by atoms with van der Waals surface area (Å²) in [5.41, 5.74) is 11.5. The summed E-state index contributed by atoms with van der Waals surface area (Å²) >= 11 is 1.77. The summed E-state index contributed by atoms with van der Waals surface area (Å²) in [6, 6.07) is 4.75. The smallest absolute Gasteiger partial charge is 0.00960 e. The molecule has 0 radical (unpaired) electrons. The highest BCUT2D eigenvalue weighted by Crippen LogP contribution is 2.52. The van der Waals surface area contributed by atoms with E-state index in [2.05, 4.69) is 17.5 Å². The highest BCUT2D eigenvalue weighted by molar-refractivity contribution is 7.09. The summed E-state index contributed by atoms with van der Waals surface area (Å²) in [6.45, 7) is 0.764. The van der Waals surface area contributed by atoms with Gasteiger partial charge in [-0.05, 0) is 80.2 Å². The Bertz CT molecular complexity index is 359. The van der Waals surface area contributed by atoms with Gasteiger partial charge in [0.15, 0.2) is 0 Å². The Kier molecular flexibility index (Phi) is 4.25. The van der Waals surface area contributed by atoms with Crippen LogP contribution in [0.3, 0.4) is 0 Å². The largest absolute Gasteiger partial charge is 0.330 e. The highest BCUT2D eigenvalue weighted by Gasteiger charge is 2.46. The van der Waals surface area contributed by atoms with Gasteiger partial charge in [0, 0.05) is 10.9 Å². The Morgan fingerprint density at radius 3 is 2.16 bits per heavy atom. The molecule has 0 amide bonds. The van der Waals surface area contributed by atoms with Crippen LogP contribution in [0.25, 0.3) is 0 Å². The summed E-state index contributed by atoms with van der Waals surface area (Å²) in [7, 11) is 0. The summed E-state index contributed by atoms with van der Waals surface area (Å²) in [5.74, 6) is 4.01. The van der Waals surface area contributed by atoms with Crippen LogP contribution < -0.4 is 11.5 Å². The minimum Gasteiger partial charge on any atom is -0.330 e. The highest BCUT2D eigenvalue weighted by atomic mass is 32.1. The number of hydrogen-bond donors (Lipinski definition) is 2. The average molecular weight is 278 g/mol. The molecule has 2 nitrogen and oxygen atoms in total. The molecule has 106 valence electrons. The van der Waals surface area contributed by atoms with Crippen LogP contribution in [0.4, 0.5) is 0 Å². The Labute approximate surface area is 120 Å². The van der Waals surface area contributed by atoms with Gasteiger partial charge in [0.2, 0.25) is 0 Å². The lowest BCUT2D eigenvalue weighted by Gasteiger charge is -2.53. The van der Waals surface area contributed by atoms with Crippen molar-refractivity contribution in [2.45, 2.75) is 44.6 Å². The number of nitrogens with two attached hydrogens (primary N) is 2. The van der Waals surface area contributed by atoms with E-state index < -0.39 is 0 Å². The molecule has 0 atom stereocenters. The molecule has 4 bridgehead atoms. The summed E-state index contributed by atoms with van der Waals surface area (Å²) < 4.78 is 0. The molecule has 0 aromatic carbocycles. The van der Waals surface area contributed by atoms with Crippen LogP contribution in [0.5, 0.6) is 0 Å². The third-order valence-corrected chi connectivity index (χ3v) is 6.21. The van der Waals surface area contributed by atoms with Crippen LogP contribution in [0, 0.1) is 23.7 Å². The van der Waals surface area contributed by atoms with Crippen molar-refractivity contribution in [2.24, 2.45) is 35.1 Å². The Hall–Kier alpha value is -0.380. The molecule has 0 unspecified atom stereocenters. The molecule has 1 aromatic heterocycles. The van der Waals surface area contributed by atoms with Crippen molar-refractivity contribution in [1.29, 1.82) is 0 Å². The van der Waals surface area contributed by atoms with Crippen LogP contribution in [0.15, 0.2) is 17.5 Å². The SMILES string of the molecule is NC1C2CC3CC(C2)CC1C3.NCCc1cccs1. The molecule has 5 rings (SSSR count). The predicted molar refractivity (Wildman–Crippen MR) is 82.1 cm³/mol. The fraction of sp³-hybridized carbons (Fsp3) is 0.750. The quantitative estimate of drug-likeness (QED) is 0.873. The average Bonchev–Trinajstić information content (AvgIpc) is 2.89. The van der Waals surface area contributed by atoms with Crippen LogP contribution in [0.1, 0.15) is 37.0 Å². The first-order valence-electron chi connectivity index (χ1n) is 7.74. The van der Waals surface area contributed by atoms with Crippen LogP contribution >= 0.6 is 11.3 Å². The van der Waals surface area contributed by atoms with E-state index in [1.807, 2.05) is 0 Å². The van der Waals surface area contributed by atoms with Crippen LogP contribution in [-0.2, 0) is 6.42 Å². The molecule has 4 fully saturated rings. The van der Waals surface area contributed by atoms with Gasteiger partial charge in [0.05, 0.1) is 0 Å². The van der Waals surface area contributed by atoms with Gasteiger partial charge in [-0.25, -0.2) is 0 Å². The lowest BCUT2D eigenvalue weighted by Crippen LogP contribution is -2.52. The van der Waals surface area contributed by atoms with E-state index in [0.717, 1.165) is 36.6 Å². The predicted octanol–water partition coefficient (Wildman–Crippen LogP) is 3.02. The van der Waals surface area contributed by atoms with E-state index >= 15 is 0 Å². The lowest BCUT2D eigenvalue weighted by molar-refractivity contribution is 0.000349. The molecule has 4 N–H and O–H groups in total. The summed E-state index contributed by atoms with van der Waals surface area (Å²) in [6.07, 6.45) is 8.43. The van der Waals surface area contributed by atoms with Gasteiger partial charge in [-0.3, -0.25) is 0 Å². The molecule has 3 heteroatoms. The molecule has 0 spiro atoms. The Balaban J connectivity index is 0.000000123. The number of rotatable bonds is 2. The minimum absolute atomic E-state index is 0.586. The van der Waals surface area contributed by atoms with E-state index in [-0.39, 0.29) is 0 Å². The molecule has 4 saturated carbocycles. The monoisotopic (exact) mass is 278 g/mol. The van der Waals surface area contributed by atoms with Gasteiger partial charge in [-0.2, -0.15) is 0 Å². The fourth-order valence-corrected chi connectivity index (χ4v) is 5.29. The van der Waals surface area contributed by atoms with Crippen molar-refractivity contribution in [3.63, 3.8) is 0 Å². The topological polar surface area (TPSA) is 52.0 Å². The summed E-state index contributed by atoms with van der Waals surface area (Å²) in [5, 5.41) is 2.07. The maximum atomic E-state index is 6.17. The van der Waals surface area contributed by atoms with Crippen molar-refractivity contribution in [1.82, 2.24) is 0 Å². The molecular weight excluding hydrogens is 252 g/mol. The first-order chi connectivity index (χ1) is 9.26. The zero-order valence-corrected chi connectivity index (χ0v) is 12.4. The van der Waals surface area contributed by atoms with E-state index in [4.69, 9.17) is 11.5 Å². The molecule has 1 heterocycles. The van der Waals surface area contributed by atoms with Crippen molar-refractivity contribution in [3.8, 4) is 0 Å². The second kappa shape index (κ2) is 5.94. The van der Waals surface area contributed by atoms with Crippen molar-refractivity contribution < 1.29 is 0 Å². The van der Waals surface area contributed by atoms with Crippen LogP contribution in [-0.4, -0.2) is 12.6 Å². The van der Waals surface area contributed by atoms with Gasteiger partial charge in [-0.1, -0.05) is 6.07 Å². The molecule has 1 aromatic rings. The number of thiophene rings is 1. The zero-order chi connectivity index (χ0) is 13.2. The molecule has 0 aliphatic heterocycles. The maximum Gasteiger partial charge on any atom is 0.00960 e. The van der Waals surface area contributed by atoms with E-state index in [0.29, 0.717) is 6.04 Å². The first kappa shape index (κ1) is 13.6. The second-order valence-corrected chi connectivity index (χ2v) is 7.66. The van der Waals surface area contributed by atoms with Gasteiger partial charge in [-0.15, -0.1) is 11.3 Å². The van der Waals surface area contributed by atoms with Gasteiger partial charge < -0.3 is 11.5 Å². The minimum atomic E-state index is 0.586. The Morgan fingerprint density at radius 1 is 1.05 bits per heavy atom. The van der Waals surface area contributed by atoms with Crippen molar-refractivity contribution >= 4 is 11.3 Å². The van der Waals surface area contributed by atoms with Gasteiger partial charge in [0.25, 0.3) is 0 Å².